The van der Waals surface area contributed by atoms with Gasteiger partial charge in [0.25, 0.3) is 0 Å². The number of rotatable bonds is 9. The minimum absolute atomic E-state index is 0.119. The number of halogens is 4. The van der Waals surface area contributed by atoms with Gasteiger partial charge in [-0.1, -0.05) is 46.4 Å². The molecule has 58 heavy (non-hydrogen) atoms. The molecule has 0 bridgehead atoms. The second-order valence-corrected chi connectivity index (χ2v) is 15.3. The first-order valence-electron chi connectivity index (χ1n) is 17.8. The van der Waals surface area contributed by atoms with Crippen molar-refractivity contribution in [3.63, 3.8) is 0 Å². The Morgan fingerprint density at radius 1 is 0.707 bits per heavy atom. The summed E-state index contributed by atoms with van der Waals surface area (Å²) in [5.74, 6) is 0.861. The zero-order valence-corrected chi connectivity index (χ0v) is 32.7. The van der Waals surface area contributed by atoms with Crippen LogP contribution in [0, 0.1) is 0 Å². The first-order valence-corrected chi connectivity index (χ1v) is 19.3. The molecular weight excluding hydrogens is 830 g/mol. The highest BCUT2D eigenvalue weighted by atomic mass is 35.5. The largest absolute Gasteiger partial charge is 0.323 e. The van der Waals surface area contributed by atoms with Crippen molar-refractivity contribution < 1.29 is 14.3 Å². The summed E-state index contributed by atoms with van der Waals surface area (Å²) in [5, 5.41) is 34.5. The molecule has 8 heterocycles. The molecule has 2 unspecified atom stereocenters. The van der Waals surface area contributed by atoms with E-state index < -0.39 is 12.1 Å². The molecule has 18 nitrogen and oxygen atoms in total. The third-order valence-corrected chi connectivity index (χ3v) is 10.9. The molecule has 2 fully saturated rings. The van der Waals surface area contributed by atoms with Crippen LogP contribution in [0.4, 0.5) is 32.3 Å². The van der Waals surface area contributed by atoms with E-state index >= 15 is 0 Å². The molecule has 0 spiro atoms. The fourth-order valence-corrected chi connectivity index (χ4v) is 8.08. The van der Waals surface area contributed by atoms with E-state index in [1.807, 2.05) is 16.9 Å². The van der Waals surface area contributed by atoms with Crippen LogP contribution in [0.2, 0.25) is 20.1 Å². The Morgan fingerprint density at radius 3 is 2.03 bits per heavy atom. The number of nitrogens with one attached hydrogen (secondary N) is 4. The van der Waals surface area contributed by atoms with Gasteiger partial charge < -0.3 is 21.3 Å². The summed E-state index contributed by atoms with van der Waals surface area (Å²) in [7, 11) is 0. The Kier molecular flexibility index (Phi) is 8.85. The maximum atomic E-state index is 13.4. The van der Waals surface area contributed by atoms with Crippen LogP contribution in [0.25, 0.3) is 22.7 Å². The summed E-state index contributed by atoms with van der Waals surface area (Å²) in [6.45, 7) is 0. The molecule has 2 saturated carbocycles. The maximum absolute atomic E-state index is 13.4. The number of hydrogen-bond acceptors (Lipinski definition) is 9. The number of pyridine rings is 2. The standard InChI is InChI=1S/C36H26Cl4N16O2/c37-19-9-29-30(18-1-2-18)26(15-47-53(29)17-19)50-35(57)49-21-11-25(40)34(42-14-21)56-45-6-8-54(56)28-12-22(28)31-27(16-46-52-7-3-23(38)32(31)52)51-36(58)48-20-10-24(39)33(41-13-20)55-43-4-5-44-55/h3-11,13-18,22,28H,1-2,12H2,(H3-,45,48,49,50,51,57,58)/p+1. The Hall–Kier alpha value is -6.34. The number of urea groups is 2. The summed E-state index contributed by atoms with van der Waals surface area (Å²) in [5.41, 5.74) is 5.09. The van der Waals surface area contributed by atoms with Gasteiger partial charge in [0.15, 0.2) is 12.0 Å². The molecule has 0 aliphatic heterocycles. The highest BCUT2D eigenvalue weighted by Crippen LogP contribution is 2.52. The monoisotopic (exact) mass is 855 g/mol. The van der Waals surface area contributed by atoms with E-state index in [1.165, 1.54) is 29.6 Å². The molecule has 4 N–H and O–H groups in total. The molecule has 22 heteroatoms. The fraction of sp³-hybridized carbons (Fsp3) is 0.167. The van der Waals surface area contributed by atoms with Crippen LogP contribution in [0.3, 0.4) is 0 Å². The molecule has 0 saturated heterocycles. The average Bonchev–Trinajstić information content (AvgIpc) is 3.91. The van der Waals surface area contributed by atoms with Crippen molar-refractivity contribution in [2.24, 2.45) is 0 Å². The van der Waals surface area contributed by atoms with Crippen LogP contribution in [-0.4, -0.2) is 66.1 Å². The van der Waals surface area contributed by atoms with E-state index in [-0.39, 0.29) is 22.0 Å². The van der Waals surface area contributed by atoms with Crippen molar-refractivity contribution in [2.75, 3.05) is 21.3 Å². The SMILES string of the molecule is O=C(Nc1cnc(-n2ncc[n+]2C2CC2c2c(NC(=O)Nc3cnc(-n4nccn4)c(Cl)c3)cnn3ccc(Cl)c23)c(Cl)c1)Nc1cnn2cc(Cl)cc2c1C1CC1. The highest BCUT2D eigenvalue weighted by Gasteiger charge is 2.49. The predicted molar refractivity (Wildman–Crippen MR) is 215 cm³/mol. The Balaban J connectivity index is 0.864. The van der Waals surface area contributed by atoms with Crippen molar-refractivity contribution in [2.45, 2.75) is 37.1 Å². The highest BCUT2D eigenvalue weighted by molar-refractivity contribution is 6.34. The minimum Gasteiger partial charge on any atom is -0.306 e. The second kappa shape index (κ2) is 14.2. The molecule has 2 aliphatic carbocycles. The first kappa shape index (κ1) is 36.0. The van der Waals surface area contributed by atoms with Gasteiger partial charge in [-0.2, -0.15) is 25.1 Å². The number of nitrogens with zero attached hydrogens (tertiary/aromatic N) is 12. The molecular formula is C36H27Cl4N16O2+. The fourth-order valence-electron chi connectivity index (χ4n) is 7.15. The minimum atomic E-state index is -0.543. The van der Waals surface area contributed by atoms with Gasteiger partial charge in [0.05, 0.1) is 91.1 Å². The van der Waals surface area contributed by atoms with Crippen molar-refractivity contribution in [3.05, 3.63) is 117 Å². The third kappa shape index (κ3) is 6.68. The van der Waals surface area contributed by atoms with Crippen molar-refractivity contribution in [3.8, 4) is 11.6 Å². The van der Waals surface area contributed by atoms with E-state index in [2.05, 4.69) is 56.7 Å². The number of hydrogen-bond donors (Lipinski definition) is 4. The van der Waals surface area contributed by atoms with E-state index in [4.69, 9.17) is 46.4 Å². The van der Waals surface area contributed by atoms with Crippen molar-refractivity contribution >= 4 is 92.2 Å². The van der Waals surface area contributed by atoms with Gasteiger partial charge in [0.2, 0.25) is 12.0 Å². The van der Waals surface area contributed by atoms with Crippen LogP contribution >= 0.6 is 46.4 Å². The van der Waals surface area contributed by atoms with Crippen molar-refractivity contribution in [1.29, 1.82) is 0 Å². The molecule has 290 valence electrons. The molecule has 4 amide bonds. The molecule has 8 aromatic heterocycles. The lowest BCUT2D eigenvalue weighted by Gasteiger charge is -2.14. The lowest BCUT2D eigenvalue weighted by Crippen LogP contribution is -2.42. The molecule has 2 atom stereocenters. The van der Waals surface area contributed by atoms with E-state index in [1.54, 1.807) is 63.0 Å². The van der Waals surface area contributed by atoms with Crippen molar-refractivity contribution in [1.82, 2.24) is 54.1 Å². The number of fused-ring (bicyclic) bond motifs is 2. The summed E-state index contributed by atoms with van der Waals surface area (Å²) in [4.78, 5) is 38.3. The van der Waals surface area contributed by atoms with Gasteiger partial charge in [-0.05, 0) is 43.0 Å². The molecule has 2 aliphatic rings. The molecule has 0 aromatic carbocycles. The predicted octanol–water partition coefficient (Wildman–Crippen LogP) is 7.33. The normalized spacial score (nSPS) is 16.1. The van der Waals surface area contributed by atoms with Crippen LogP contribution in [0.5, 0.6) is 0 Å². The van der Waals surface area contributed by atoms with Gasteiger partial charge in [-0.3, -0.25) is 0 Å². The summed E-state index contributed by atoms with van der Waals surface area (Å²) in [6, 6.07) is 5.60. The summed E-state index contributed by atoms with van der Waals surface area (Å²) >= 11 is 26.2. The van der Waals surface area contributed by atoms with E-state index in [0.717, 1.165) is 29.5 Å². The molecule has 8 aromatic rings. The lowest BCUT2D eigenvalue weighted by molar-refractivity contribution is -0.775. The Morgan fingerprint density at radius 2 is 1.36 bits per heavy atom. The zero-order valence-electron chi connectivity index (χ0n) is 29.6. The van der Waals surface area contributed by atoms with Gasteiger partial charge in [0, 0.05) is 45.8 Å². The van der Waals surface area contributed by atoms with Crippen LogP contribution in [0.15, 0.2) is 86.2 Å². The topological polar surface area (TPSA) is 195 Å². The molecule has 0 radical (unpaired) electrons. The van der Waals surface area contributed by atoms with Gasteiger partial charge in [-0.25, -0.2) is 28.6 Å². The van der Waals surface area contributed by atoms with Gasteiger partial charge in [-0.15, -0.1) is 4.80 Å². The number of amides is 4. The number of aromatic nitrogens is 12. The van der Waals surface area contributed by atoms with E-state index in [0.29, 0.717) is 62.3 Å². The summed E-state index contributed by atoms with van der Waals surface area (Å²) < 4.78 is 5.30. The first-order chi connectivity index (χ1) is 28.2. The quantitative estimate of drug-likeness (QED) is 0.108. The van der Waals surface area contributed by atoms with Crippen LogP contribution in [0.1, 0.15) is 48.3 Å². The molecule has 10 rings (SSSR count). The lowest BCUT2D eigenvalue weighted by atomic mass is 10.1. The average molecular weight is 858 g/mol. The second-order valence-electron chi connectivity index (χ2n) is 13.7. The van der Waals surface area contributed by atoms with Crippen LogP contribution in [-0.2, 0) is 0 Å². The Bertz CT molecular complexity index is 2920. The smallest absolute Gasteiger partial charge is 0.306 e. The number of carbonyl (C=O) groups is 2. The third-order valence-electron chi connectivity index (χ3n) is 9.84. The zero-order chi connectivity index (χ0) is 39.7. The summed E-state index contributed by atoms with van der Waals surface area (Å²) in [6.07, 6.45) is 18.8. The van der Waals surface area contributed by atoms with Crippen LogP contribution < -0.4 is 25.9 Å². The number of carbonyl (C=O) groups excluding carboxylic acids is 2. The van der Waals surface area contributed by atoms with E-state index in [9.17, 15) is 9.59 Å². The number of anilines is 4. The van der Waals surface area contributed by atoms with Gasteiger partial charge in [0.1, 0.15) is 6.04 Å². The van der Waals surface area contributed by atoms with Gasteiger partial charge >= 0.3 is 12.1 Å². The Labute approximate surface area is 346 Å². The maximum Gasteiger partial charge on any atom is 0.323 e.